The highest BCUT2D eigenvalue weighted by Gasteiger charge is 2.22. The Morgan fingerprint density at radius 3 is 2.79 bits per heavy atom. The summed E-state index contributed by atoms with van der Waals surface area (Å²) in [6, 6.07) is 3.34. The Bertz CT molecular complexity index is 887. The molecule has 24 heavy (non-hydrogen) atoms. The number of aromatic nitrogens is 1. The van der Waals surface area contributed by atoms with Crippen LogP contribution < -0.4 is 10.7 Å². The first-order valence-electron chi connectivity index (χ1n) is 7.44. The molecule has 3 rings (SSSR count). The van der Waals surface area contributed by atoms with Crippen LogP contribution >= 0.6 is 0 Å². The third-order valence-electron chi connectivity index (χ3n) is 3.42. The molecule has 1 aliphatic rings. The normalized spacial score (nSPS) is 13.4. The summed E-state index contributed by atoms with van der Waals surface area (Å²) in [5.74, 6) is -0.350. The van der Waals surface area contributed by atoms with Gasteiger partial charge in [0, 0.05) is 27.8 Å². The second kappa shape index (κ2) is 5.52. The van der Waals surface area contributed by atoms with Crippen molar-refractivity contribution in [3.63, 3.8) is 0 Å². The number of amides is 2. The van der Waals surface area contributed by atoms with Gasteiger partial charge in [0.1, 0.15) is 5.60 Å². The fourth-order valence-electron chi connectivity index (χ4n) is 2.56. The van der Waals surface area contributed by atoms with Crippen molar-refractivity contribution in [3.05, 3.63) is 35.5 Å². The Hall–Kier alpha value is -3.09. The first-order chi connectivity index (χ1) is 11.3. The first kappa shape index (κ1) is 15.8. The molecule has 7 heteroatoms. The number of anilines is 1. The predicted molar refractivity (Wildman–Crippen MR) is 93.3 cm³/mol. The molecule has 0 aliphatic carbocycles. The summed E-state index contributed by atoms with van der Waals surface area (Å²) < 4.78 is 5.24. The largest absolute Gasteiger partial charge is 0.444 e. The Labute approximate surface area is 138 Å². The van der Waals surface area contributed by atoms with Crippen LogP contribution in [0.15, 0.2) is 23.8 Å². The standard InChI is InChI=1S/C17H18N4O3/c1-5-12-11-8-18-21-15(22)10-6-9(7-13(20-12)14(10)11)19-16(23)24-17(2,3)4/h5-8,20H,1H2,2-4H3,(H,19,23)(H,21,22). The number of nitrogens with zero attached hydrogens (tertiary/aromatic N) is 1. The average Bonchev–Trinajstić information content (AvgIpc) is 2.72. The minimum atomic E-state index is -0.610. The van der Waals surface area contributed by atoms with Crippen LogP contribution in [0.5, 0.6) is 0 Å². The van der Waals surface area contributed by atoms with Gasteiger partial charge >= 0.3 is 6.09 Å². The van der Waals surface area contributed by atoms with Crippen LogP contribution in [-0.4, -0.2) is 28.8 Å². The van der Waals surface area contributed by atoms with E-state index in [2.05, 4.69) is 27.4 Å². The van der Waals surface area contributed by atoms with E-state index in [0.717, 1.165) is 16.6 Å². The molecule has 0 saturated carbocycles. The first-order valence-corrected chi connectivity index (χ1v) is 7.44. The number of hydrogen-bond acceptors (Lipinski definition) is 4. The summed E-state index contributed by atoms with van der Waals surface area (Å²) in [7, 11) is 0. The van der Waals surface area contributed by atoms with Gasteiger partial charge in [-0.25, -0.2) is 10.2 Å². The van der Waals surface area contributed by atoms with Crippen molar-refractivity contribution in [2.24, 2.45) is 5.10 Å². The lowest BCUT2D eigenvalue weighted by atomic mass is 10.0. The van der Waals surface area contributed by atoms with Gasteiger partial charge in [-0.3, -0.25) is 10.1 Å². The quantitative estimate of drug-likeness (QED) is 0.790. The highest BCUT2D eigenvalue weighted by atomic mass is 16.6. The fraction of sp³-hybridized carbons (Fsp3) is 0.235. The van der Waals surface area contributed by atoms with Crippen LogP contribution in [-0.2, 0) is 4.74 Å². The van der Waals surface area contributed by atoms with Gasteiger partial charge in [-0.1, -0.05) is 6.58 Å². The Morgan fingerprint density at radius 2 is 2.12 bits per heavy atom. The van der Waals surface area contributed by atoms with E-state index in [9.17, 15) is 9.59 Å². The van der Waals surface area contributed by atoms with E-state index in [4.69, 9.17) is 4.74 Å². The van der Waals surface area contributed by atoms with Crippen LogP contribution in [0.25, 0.3) is 17.0 Å². The van der Waals surface area contributed by atoms with Crippen LogP contribution in [0.3, 0.4) is 0 Å². The van der Waals surface area contributed by atoms with E-state index >= 15 is 0 Å². The summed E-state index contributed by atoms with van der Waals surface area (Å²) in [5, 5.41) is 7.29. The molecule has 0 saturated heterocycles. The maximum Gasteiger partial charge on any atom is 0.412 e. The summed E-state index contributed by atoms with van der Waals surface area (Å²) in [4.78, 5) is 27.4. The molecule has 0 fully saturated rings. The molecule has 7 nitrogen and oxygen atoms in total. The molecule has 0 bridgehead atoms. The van der Waals surface area contributed by atoms with Crippen molar-refractivity contribution in [1.29, 1.82) is 0 Å². The third kappa shape index (κ3) is 2.88. The smallest absolute Gasteiger partial charge is 0.412 e. The number of ether oxygens (including phenoxy) is 1. The second-order valence-corrected chi connectivity index (χ2v) is 6.43. The van der Waals surface area contributed by atoms with E-state index in [1.165, 1.54) is 0 Å². The minimum absolute atomic E-state index is 0.350. The number of carbonyl (C=O) groups excluding carboxylic acids is 2. The molecule has 1 aromatic heterocycles. The molecule has 3 N–H and O–H groups in total. The third-order valence-corrected chi connectivity index (χ3v) is 3.42. The number of nitrogens with one attached hydrogen (secondary N) is 3. The Balaban J connectivity index is 2.07. The van der Waals surface area contributed by atoms with Crippen LogP contribution in [0.4, 0.5) is 10.5 Å². The van der Waals surface area contributed by atoms with Crippen molar-refractivity contribution in [1.82, 2.24) is 10.4 Å². The van der Waals surface area contributed by atoms with Crippen molar-refractivity contribution in [2.45, 2.75) is 26.4 Å². The minimum Gasteiger partial charge on any atom is -0.444 e. The molecule has 2 aromatic rings. The number of carbonyl (C=O) groups is 2. The van der Waals surface area contributed by atoms with Crippen LogP contribution in [0.1, 0.15) is 42.4 Å². The highest BCUT2D eigenvalue weighted by Crippen LogP contribution is 2.30. The fourth-order valence-corrected chi connectivity index (χ4v) is 2.56. The maximum absolute atomic E-state index is 12.2. The lowest BCUT2D eigenvalue weighted by Gasteiger charge is -2.19. The number of rotatable bonds is 2. The molecule has 2 amide bonds. The number of hydrazone groups is 1. The van der Waals surface area contributed by atoms with Gasteiger partial charge in [0.15, 0.2) is 0 Å². The lowest BCUT2D eigenvalue weighted by molar-refractivity contribution is 0.0635. The van der Waals surface area contributed by atoms with Crippen molar-refractivity contribution in [3.8, 4) is 0 Å². The maximum atomic E-state index is 12.2. The predicted octanol–water partition coefficient (Wildman–Crippen LogP) is 3.24. The molecule has 1 aromatic carbocycles. The summed E-state index contributed by atoms with van der Waals surface area (Å²) in [5.41, 5.74) is 4.93. The summed E-state index contributed by atoms with van der Waals surface area (Å²) in [6.07, 6.45) is 2.64. The second-order valence-electron chi connectivity index (χ2n) is 6.43. The van der Waals surface area contributed by atoms with Crippen molar-refractivity contribution >= 4 is 40.9 Å². The molecule has 124 valence electrons. The number of H-pyrrole nitrogens is 1. The van der Waals surface area contributed by atoms with Crippen LogP contribution in [0, 0.1) is 0 Å². The zero-order chi connectivity index (χ0) is 17.5. The van der Waals surface area contributed by atoms with Gasteiger partial charge in [-0.15, -0.1) is 0 Å². The van der Waals surface area contributed by atoms with Gasteiger partial charge in [0.05, 0.1) is 11.8 Å². The molecular weight excluding hydrogens is 308 g/mol. The highest BCUT2D eigenvalue weighted by molar-refractivity contribution is 6.16. The zero-order valence-electron chi connectivity index (χ0n) is 13.7. The van der Waals surface area contributed by atoms with E-state index in [-0.39, 0.29) is 5.91 Å². The van der Waals surface area contributed by atoms with E-state index in [1.807, 2.05) is 0 Å². The van der Waals surface area contributed by atoms with Gasteiger partial charge in [0.25, 0.3) is 5.91 Å². The molecule has 1 aliphatic heterocycles. The van der Waals surface area contributed by atoms with Gasteiger partial charge < -0.3 is 9.72 Å². The van der Waals surface area contributed by atoms with E-state index in [0.29, 0.717) is 16.8 Å². The lowest BCUT2D eigenvalue weighted by Crippen LogP contribution is -2.27. The van der Waals surface area contributed by atoms with Gasteiger partial charge in [-0.2, -0.15) is 5.10 Å². The van der Waals surface area contributed by atoms with Crippen molar-refractivity contribution in [2.75, 3.05) is 5.32 Å². The van der Waals surface area contributed by atoms with E-state index in [1.54, 1.807) is 45.2 Å². The van der Waals surface area contributed by atoms with Gasteiger partial charge in [-0.05, 0) is 39.0 Å². The molecular formula is C17H18N4O3. The molecule has 0 atom stereocenters. The average molecular weight is 326 g/mol. The molecule has 2 heterocycles. The Morgan fingerprint density at radius 1 is 1.38 bits per heavy atom. The van der Waals surface area contributed by atoms with Gasteiger partial charge in [0.2, 0.25) is 0 Å². The molecule has 0 spiro atoms. The SMILES string of the molecule is C=Cc1[nH]c2cc(NC(=O)OC(C)(C)C)cc3c2c1C=NNC3=O. The zero-order valence-corrected chi connectivity index (χ0v) is 13.7. The molecule has 0 radical (unpaired) electrons. The number of aromatic amines is 1. The number of hydrogen-bond donors (Lipinski definition) is 3. The topological polar surface area (TPSA) is 95.6 Å². The monoisotopic (exact) mass is 326 g/mol. The summed E-state index contributed by atoms with van der Waals surface area (Å²) >= 11 is 0. The van der Waals surface area contributed by atoms with Crippen molar-refractivity contribution < 1.29 is 14.3 Å². The van der Waals surface area contributed by atoms with Crippen LogP contribution in [0.2, 0.25) is 0 Å². The molecule has 0 unspecified atom stereocenters. The summed E-state index contributed by atoms with van der Waals surface area (Å²) in [6.45, 7) is 9.10. The number of benzene rings is 1. The van der Waals surface area contributed by atoms with E-state index < -0.39 is 11.7 Å². The Kier molecular flexibility index (Phi) is 3.63.